The van der Waals surface area contributed by atoms with Crippen molar-refractivity contribution in [3.8, 4) is 0 Å². The smallest absolute Gasteiger partial charge is 0.0728 e. The zero-order chi connectivity index (χ0) is 13.2. The lowest BCUT2D eigenvalue weighted by molar-refractivity contribution is 0.262. The zero-order valence-corrected chi connectivity index (χ0v) is 12.1. The molecule has 102 valence electrons. The summed E-state index contributed by atoms with van der Waals surface area (Å²) >= 11 is 0. The standard InChI is InChI=1S/C14H26N4/c1-14(2,3)15-9-11-7-5-6-8-12(11)13-10-16-17-18(13)4/h10-12,15H,5-9H2,1-4H3. The van der Waals surface area contributed by atoms with Crippen LogP contribution in [0.25, 0.3) is 0 Å². The maximum Gasteiger partial charge on any atom is 0.0728 e. The summed E-state index contributed by atoms with van der Waals surface area (Å²) in [5.41, 5.74) is 1.50. The van der Waals surface area contributed by atoms with Gasteiger partial charge in [0.2, 0.25) is 0 Å². The molecule has 0 amide bonds. The topological polar surface area (TPSA) is 42.7 Å². The van der Waals surface area contributed by atoms with Gasteiger partial charge in [-0.3, -0.25) is 4.68 Å². The molecule has 0 radical (unpaired) electrons. The Hall–Kier alpha value is -0.900. The third-order valence-electron chi connectivity index (χ3n) is 3.93. The van der Waals surface area contributed by atoms with Crippen LogP contribution in [-0.4, -0.2) is 27.1 Å². The van der Waals surface area contributed by atoms with Gasteiger partial charge in [-0.1, -0.05) is 18.1 Å². The van der Waals surface area contributed by atoms with Gasteiger partial charge in [-0.2, -0.15) is 0 Å². The lowest BCUT2D eigenvalue weighted by atomic mass is 9.77. The molecule has 0 saturated heterocycles. The van der Waals surface area contributed by atoms with Crippen LogP contribution in [0.15, 0.2) is 6.20 Å². The van der Waals surface area contributed by atoms with E-state index in [1.54, 1.807) is 0 Å². The fraction of sp³-hybridized carbons (Fsp3) is 0.857. The molecule has 18 heavy (non-hydrogen) atoms. The lowest BCUT2D eigenvalue weighted by Crippen LogP contribution is -2.41. The molecule has 2 atom stereocenters. The van der Waals surface area contributed by atoms with Crippen molar-refractivity contribution >= 4 is 0 Å². The molecular formula is C14H26N4. The Morgan fingerprint density at radius 3 is 2.67 bits per heavy atom. The predicted molar refractivity (Wildman–Crippen MR) is 73.5 cm³/mol. The second-order valence-electron chi connectivity index (χ2n) is 6.56. The van der Waals surface area contributed by atoms with Gasteiger partial charge >= 0.3 is 0 Å². The molecule has 1 aromatic heterocycles. The highest BCUT2D eigenvalue weighted by Gasteiger charge is 2.29. The molecule has 4 heteroatoms. The Morgan fingerprint density at radius 1 is 1.33 bits per heavy atom. The number of hydrogen-bond donors (Lipinski definition) is 1. The average molecular weight is 250 g/mol. The summed E-state index contributed by atoms with van der Waals surface area (Å²) in [5, 5.41) is 11.8. The molecule has 1 saturated carbocycles. The van der Waals surface area contributed by atoms with Gasteiger partial charge < -0.3 is 5.32 Å². The summed E-state index contributed by atoms with van der Waals surface area (Å²) < 4.78 is 1.94. The molecule has 1 aliphatic rings. The minimum Gasteiger partial charge on any atom is -0.312 e. The summed E-state index contributed by atoms with van der Waals surface area (Å²) in [6.07, 6.45) is 7.23. The van der Waals surface area contributed by atoms with Crippen LogP contribution in [0.4, 0.5) is 0 Å². The normalized spacial score (nSPS) is 25.3. The van der Waals surface area contributed by atoms with E-state index in [1.165, 1.54) is 31.4 Å². The molecule has 1 aliphatic carbocycles. The Bertz CT molecular complexity index is 377. The van der Waals surface area contributed by atoms with E-state index >= 15 is 0 Å². The molecule has 0 spiro atoms. The molecule has 1 fully saturated rings. The fourth-order valence-corrected chi connectivity index (χ4v) is 2.91. The molecular weight excluding hydrogens is 224 g/mol. The number of nitrogens with zero attached hydrogens (tertiary/aromatic N) is 3. The molecule has 2 rings (SSSR count). The molecule has 1 heterocycles. The number of hydrogen-bond acceptors (Lipinski definition) is 3. The van der Waals surface area contributed by atoms with Crippen molar-refractivity contribution in [3.63, 3.8) is 0 Å². The quantitative estimate of drug-likeness (QED) is 0.896. The third-order valence-corrected chi connectivity index (χ3v) is 3.93. The monoisotopic (exact) mass is 250 g/mol. The largest absolute Gasteiger partial charge is 0.312 e. The fourth-order valence-electron chi connectivity index (χ4n) is 2.91. The maximum absolute atomic E-state index is 4.08. The van der Waals surface area contributed by atoms with Crippen molar-refractivity contribution in [2.24, 2.45) is 13.0 Å². The van der Waals surface area contributed by atoms with Crippen molar-refractivity contribution in [2.75, 3.05) is 6.54 Å². The zero-order valence-electron chi connectivity index (χ0n) is 12.1. The minimum absolute atomic E-state index is 0.201. The second kappa shape index (κ2) is 5.39. The maximum atomic E-state index is 4.08. The van der Waals surface area contributed by atoms with Gasteiger partial charge in [0.15, 0.2) is 0 Å². The summed E-state index contributed by atoms with van der Waals surface area (Å²) in [6, 6.07) is 0. The molecule has 4 nitrogen and oxygen atoms in total. The Labute approximate surface area is 110 Å². The van der Waals surface area contributed by atoms with Crippen LogP contribution in [-0.2, 0) is 7.05 Å². The van der Waals surface area contributed by atoms with Crippen LogP contribution in [0, 0.1) is 5.92 Å². The van der Waals surface area contributed by atoms with Crippen LogP contribution in [0.5, 0.6) is 0 Å². The SMILES string of the molecule is Cn1nncc1C1CCCCC1CNC(C)(C)C. The van der Waals surface area contributed by atoms with E-state index in [4.69, 9.17) is 0 Å². The highest BCUT2D eigenvalue weighted by atomic mass is 15.4. The van der Waals surface area contributed by atoms with E-state index in [2.05, 4.69) is 36.4 Å². The van der Waals surface area contributed by atoms with E-state index in [0.29, 0.717) is 5.92 Å². The van der Waals surface area contributed by atoms with E-state index in [1.807, 2.05) is 17.9 Å². The lowest BCUT2D eigenvalue weighted by Gasteiger charge is -2.34. The van der Waals surface area contributed by atoms with Crippen LogP contribution in [0.3, 0.4) is 0 Å². The van der Waals surface area contributed by atoms with Gasteiger partial charge in [-0.05, 0) is 46.1 Å². The highest BCUT2D eigenvalue weighted by Crippen LogP contribution is 2.37. The number of aromatic nitrogens is 3. The van der Waals surface area contributed by atoms with Crippen molar-refractivity contribution in [1.29, 1.82) is 0 Å². The van der Waals surface area contributed by atoms with Crippen LogP contribution in [0.1, 0.15) is 58.1 Å². The number of nitrogens with one attached hydrogen (secondary N) is 1. The van der Waals surface area contributed by atoms with Crippen LogP contribution < -0.4 is 5.32 Å². The summed E-state index contributed by atoms with van der Waals surface area (Å²) in [6.45, 7) is 7.79. The van der Waals surface area contributed by atoms with Crippen molar-refractivity contribution in [3.05, 3.63) is 11.9 Å². The van der Waals surface area contributed by atoms with Crippen molar-refractivity contribution in [1.82, 2.24) is 20.3 Å². The van der Waals surface area contributed by atoms with Crippen LogP contribution in [0.2, 0.25) is 0 Å². The van der Waals surface area contributed by atoms with Gasteiger partial charge in [0, 0.05) is 18.5 Å². The number of rotatable bonds is 3. The third kappa shape index (κ3) is 3.31. The first kappa shape index (κ1) is 13.5. The van der Waals surface area contributed by atoms with E-state index in [9.17, 15) is 0 Å². The van der Waals surface area contributed by atoms with Crippen LogP contribution >= 0.6 is 0 Å². The Morgan fingerprint density at radius 2 is 2.06 bits per heavy atom. The highest BCUT2D eigenvalue weighted by molar-refractivity contribution is 5.07. The Kier molecular flexibility index (Phi) is 4.05. The van der Waals surface area contributed by atoms with E-state index in [0.717, 1.165) is 12.5 Å². The molecule has 1 aromatic rings. The first-order valence-electron chi connectivity index (χ1n) is 7.07. The molecule has 0 bridgehead atoms. The molecule has 1 N–H and O–H groups in total. The van der Waals surface area contributed by atoms with E-state index in [-0.39, 0.29) is 5.54 Å². The first-order chi connectivity index (χ1) is 8.47. The predicted octanol–water partition coefficient (Wildman–Crippen LogP) is 2.48. The Balaban J connectivity index is 2.05. The van der Waals surface area contributed by atoms with Crippen molar-refractivity contribution in [2.45, 2.75) is 57.9 Å². The summed E-state index contributed by atoms with van der Waals surface area (Å²) in [5.74, 6) is 1.34. The second-order valence-corrected chi connectivity index (χ2v) is 6.56. The molecule has 0 aromatic carbocycles. The van der Waals surface area contributed by atoms with Gasteiger partial charge in [0.1, 0.15) is 0 Å². The summed E-state index contributed by atoms with van der Waals surface area (Å²) in [7, 11) is 2.01. The summed E-state index contributed by atoms with van der Waals surface area (Å²) in [4.78, 5) is 0. The average Bonchev–Trinajstić information content (AvgIpc) is 2.72. The minimum atomic E-state index is 0.201. The molecule has 2 unspecified atom stereocenters. The van der Waals surface area contributed by atoms with E-state index < -0.39 is 0 Å². The molecule has 0 aliphatic heterocycles. The first-order valence-corrected chi connectivity index (χ1v) is 7.07. The number of aryl methyl sites for hydroxylation is 1. The van der Waals surface area contributed by atoms with Gasteiger partial charge in [-0.15, -0.1) is 5.10 Å². The van der Waals surface area contributed by atoms with Crippen molar-refractivity contribution < 1.29 is 0 Å². The van der Waals surface area contributed by atoms with Gasteiger partial charge in [0.05, 0.1) is 11.9 Å². The van der Waals surface area contributed by atoms with Gasteiger partial charge in [-0.25, -0.2) is 0 Å². The van der Waals surface area contributed by atoms with Gasteiger partial charge in [0.25, 0.3) is 0 Å².